The molecule has 0 fully saturated rings. The minimum atomic E-state index is 0. The van der Waals surface area contributed by atoms with Crippen LogP contribution in [0.25, 0.3) is 0 Å². The summed E-state index contributed by atoms with van der Waals surface area (Å²) in [7, 11) is 2.32. The molecule has 0 aliphatic heterocycles. The van der Waals surface area contributed by atoms with Crippen molar-refractivity contribution in [3.63, 3.8) is 0 Å². The highest BCUT2D eigenvalue weighted by atomic mass is 79.9. The summed E-state index contributed by atoms with van der Waals surface area (Å²) in [5, 5.41) is 9.23. The number of hydrogen-bond acceptors (Lipinski definition) is 1. The normalized spacial score (nSPS) is 13.9. The van der Waals surface area contributed by atoms with Gasteiger partial charge in [-0.05, 0) is 25.7 Å². The molecule has 0 rings (SSSR count). The molecule has 3 heteroatoms. The topological polar surface area (TPSA) is 20.2 Å². The highest BCUT2D eigenvalue weighted by Crippen LogP contribution is 2.12. The van der Waals surface area contributed by atoms with Crippen molar-refractivity contribution in [1.29, 1.82) is 0 Å². The van der Waals surface area contributed by atoms with Gasteiger partial charge in [0.1, 0.15) is 6.54 Å². The first-order chi connectivity index (χ1) is 8.68. The first kappa shape index (κ1) is 21.7. The lowest BCUT2D eigenvalue weighted by atomic mass is 10.1. The molecule has 0 bridgehead atoms. The highest BCUT2D eigenvalue weighted by molar-refractivity contribution is 4.47. The molecule has 0 saturated heterocycles. The quantitative estimate of drug-likeness (QED) is 0.392. The predicted octanol–water partition coefficient (Wildman–Crippen LogP) is 0.980. The van der Waals surface area contributed by atoms with Gasteiger partial charge in [-0.15, -0.1) is 0 Å². The fraction of sp³-hybridized carbons (Fsp3) is 1.00. The van der Waals surface area contributed by atoms with Crippen LogP contribution in [0, 0.1) is 0 Å². The smallest absolute Gasteiger partial charge is 0.102 e. The van der Waals surface area contributed by atoms with Crippen LogP contribution in [0.3, 0.4) is 0 Å². The number of hydrogen-bond donors (Lipinski definition) is 1. The Balaban J connectivity index is 0. The van der Waals surface area contributed by atoms with Gasteiger partial charge in [-0.3, -0.25) is 0 Å². The zero-order valence-electron chi connectivity index (χ0n) is 13.5. The third-order valence-electron chi connectivity index (χ3n) is 3.99. The second kappa shape index (κ2) is 14.8. The van der Waals surface area contributed by atoms with Crippen molar-refractivity contribution in [2.24, 2.45) is 0 Å². The van der Waals surface area contributed by atoms with Gasteiger partial charge in [0.15, 0.2) is 0 Å². The molecule has 0 saturated carbocycles. The lowest BCUT2D eigenvalue weighted by Gasteiger charge is -2.34. The summed E-state index contributed by atoms with van der Waals surface area (Å²) in [6.45, 7) is 8.28. The maximum atomic E-state index is 9.23. The van der Waals surface area contributed by atoms with Crippen molar-refractivity contribution in [1.82, 2.24) is 0 Å². The fourth-order valence-corrected chi connectivity index (χ4v) is 2.59. The second-order valence-corrected chi connectivity index (χ2v) is 5.99. The minimum Gasteiger partial charge on any atom is -1.00 e. The summed E-state index contributed by atoms with van der Waals surface area (Å²) in [6.07, 6.45) is 12.1. The van der Waals surface area contributed by atoms with Crippen molar-refractivity contribution in [3.05, 3.63) is 0 Å². The lowest BCUT2D eigenvalue weighted by molar-refractivity contribution is -0.910. The average molecular weight is 338 g/mol. The SMILES string of the molecule is CCCCCCC[N+](C)(CCO)CCCCCC.[Br-]. The first-order valence-electron chi connectivity index (χ1n) is 8.13. The Morgan fingerprint density at radius 2 is 1.11 bits per heavy atom. The maximum Gasteiger partial charge on any atom is 0.102 e. The Morgan fingerprint density at radius 1 is 0.684 bits per heavy atom. The van der Waals surface area contributed by atoms with Crippen LogP contribution in [0.15, 0.2) is 0 Å². The van der Waals surface area contributed by atoms with Crippen LogP contribution in [0.5, 0.6) is 0 Å². The zero-order chi connectivity index (χ0) is 13.7. The number of aliphatic hydroxyl groups excluding tert-OH is 1. The number of quaternary nitrogens is 1. The van der Waals surface area contributed by atoms with Gasteiger partial charge in [-0.1, -0.05) is 46.0 Å². The van der Waals surface area contributed by atoms with Crippen LogP contribution in [-0.2, 0) is 0 Å². The molecule has 0 spiro atoms. The van der Waals surface area contributed by atoms with Crippen molar-refractivity contribution in [2.75, 3.05) is 33.3 Å². The van der Waals surface area contributed by atoms with Crippen molar-refractivity contribution >= 4 is 0 Å². The molecular formula is C16H36BrNO. The molecule has 1 unspecified atom stereocenters. The monoisotopic (exact) mass is 337 g/mol. The van der Waals surface area contributed by atoms with Gasteiger partial charge in [-0.25, -0.2) is 0 Å². The number of likely N-dealkylation sites (N-methyl/N-ethyl adjacent to an activating group) is 1. The molecule has 0 aliphatic rings. The number of aliphatic hydroxyl groups is 1. The highest BCUT2D eigenvalue weighted by Gasteiger charge is 2.19. The second-order valence-electron chi connectivity index (χ2n) is 5.99. The Kier molecular flexibility index (Phi) is 16.9. The van der Waals surface area contributed by atoms with E-state index >= 15 is 0 Å². The third kappa shape index (κ3) is 13.1. The minimum absolute atomic E-state index is 0. The Bertz CT molecular complexity index is 178. The van der Waals surface area contributed by atoms with Gasteiger partial charge in [0.05, 0.1) is 26.7 Å². The lowest BCUT2D eigenvalue weighted by Crippen LogP contribution is -3.00. The molecule has 0 aliphatic carbocycles. The van der Waals surface area contributed by atoms with Gasteiger partial charge < -0.3 is 26.6 Å². The van der Waals surface area contributed by atoms with Crippen molar-refractivity contribution < 1.29 is 26.6 Å². The van der Waals surface area contributed by atoms with E-state index in [1.165, 1.54) is 70.9 Å². The number of halogens is 1. The standard InChI is InChI=1S/C16H36NO.BrH/c1-4-6-8-10-12-14-17(3,15-16-18)13-11-9-7-5-2;/h18H,4-16H2,1-3H3;1H/q+1;/p-1. The fourth-order valence-electron chi connectivity index (χ4n) is 2.59. The molecule has 1 atom stereocenters. The summed E-state index contributed by atoms with van der Waals surface area (Å²) >= 11 is 0. The third-order valence-corrected chi connectivity index (χ3v) is 3.99. The van der Waals surface area contributed by atoms with Crippen LogP contribution in [0.2, 0.25) is 0 Å². The summed E-state index contributed by atoms with van der Waals surface area (Å²) in [6, 6.07) is 0. The molecule has 2 nitrogen and oxygen atoms in total. The van der Waals surface area contributed by atoms with E-state index in [4.69, 9.17) is 0 Å². The van der Waals surface area contributed by atoms with E-state index < -0.39 is 0 Å². The summed E-state index contributed by atoms with van der Waals surface area (Å²) < 4.78 is 1.08. The zero-order valence-corrected chi connectivity index (χ0v) is 15.1. The molecule has 0 aromatic carbocycles. The van der Waals surface area contributed by atoms with Gasteiger partial charge in [-0.2, -0.15) is 0 Å². The molecule has 0 amide bonds. The molecule has 0 radical (unpaired) electrons. The molecule has 1 N–H and O–H groups in total. The van der Waals surface area contributed by atoms with Gasteiger partial charge in [0.25, 0.3) is 0 Å². The maximum absolute atomic E-state index is 9.23. The predicted molar refractivity (Wildman–Crippen MR) is 80.8 cm³/mol. The molecule has 118 valence electrons. The van der Waals surface area contributed by atoms with Crippen LogP contribution >= 0.6 is 0 Å². The number of rotatable bonds is 13. The van der Waals surface area contributed by atoms with Crippen LogP contribution in [-0.4, -0.2) is 42.9 Å². The van der Waals surface area contributed by atoms with E-state index in [9.17, 15) is 5.11 Å². The average Bonchev–Trinajstić information content (AvgIpc) is 2.35. The Labute approximate surface area is 131 Å². The number of unbranched alkanes of at least 4 members (excludes halogenated alkanes) is 7. The van der Waals surface area contributed by atoms with E-state index in [1.807, 2.05) is 0 Å². The van der Waals surface area contributed by atoms with Crippen LogP contribution in [0.1, 0.15) is 71.6 Å². The Morgan fingerprint density at radius 3 is 1.53 bits per heavy atom. The largest absolute Gasteiger partial charge is 1.00 e. The van der Waals surface area contributed by atoms with Gasteiger partial charge in [0.2, 0.25) is 0 Å². The first-order valence-corrected chi connectivity index (χ1v) is 8.13. The van der Waals surface area contributed by atoms with Gasteiger partial charge in [0, 0.05) is 0 Å². The van der Waals surface area contributed by atoms with E-state index in [0.29, 0.717) is 6.61 Å². The molecular weight excluding hydrogens is 302 g/mol. The molecule has 0 aromatic heterocycles. The summed E-state index contributed by atoms with van der Waals surface area (Å²) in [5.41, 5.74) is 0. The molecule has 19 heavy (non-hydrogen) atoms. The molecule has 0 heterocycles. The van der Waals surface area contributed by atoms with Crippen LogP contribution < -0.4 is 17.0 Å². The molecule has 0 aromatic rings. The summed E-state index contributed by atoms with van der Waals surface area (Å²) in [5.74, 6) is 0. The number of nitrogens with zero attached hydrogens (tertiary/aromatic N) is 1. The van der Waals surface area contributed by atoms with E-state index in [2.05, 4.69) is 20.9 Å². The van der Waals surface area contributed by atoms with Crippen molar-refractivity contribution in [3.8, 4) is 0 Å². The van der Waals surface area contributed by atoms with E-state index in [0.717, 1.165) is 11.0 Å². The Hall–Kier alpha value is 0.400. The van der Waals surface area contributed by atoms with Crippen LogP contribution in [0.4, 0.5) is 0 Å². The van der Waals surface area contributed by atoms with E-state index in [-0.39, 0.29) is 17.0 Å². The van der Waals surface area contributed by atoms with Gasteiger partial charge >= 0.3 is 0 Å². The van der Waals surface area contributed by atoms with Crippen molar-refractivity contribution in [2.45, 2.75) is 71.6 Å². The summed E-state index contributed by atoms with van der Waals surface area (Å²) in [4.78, 5) is 0. The van der Waals surface area contributed by atoms with E-state index in [1.54, 1.807) is 0 Å².